The number of benzene rings is 2. The van der Waals surface area contributed by atoms with E-state index in [2.05, 4.69) is 0 Å². The lowest BCUT2D eigenvalue weighted by molar-refractivity contribution is -0.349. The Morgan fingerprint density at radius 2 is 0.836 bits per heavy atom. The number of carbonyl (C=O) groups excluding carboxylic acids is 2. The first-order valence-corrected chi connectivity index (χ1v) is 17.3. The second-order valence-corrected chi connectivity index (χ2v) is 14.3. The van der Waals surface area contributed by atoms with Gasteiger partial charge >= 0.3 is 36.0 Å². The molecule has 2 aromatic heterocycles. The number of hydrogen-bond donors (Lipinski definition) is 0. The summed E-state index contributed by atoms with van der Waals surface area (Å²) in [6.45, 7) is 5.34. The van der Waals surface area contributed by atoms with Crippen LogP contribution in [-0.4, -0.2) is 48.8 Å². The summed E-state index contributed by atoms with van der Waals surface area (Å²) in [4.78, 5) is 21.0. The number of alkyl halides is 14. The summed E-state index contributed by atoms with van der Waals surface area (Å²) in [7, 11) is 0. The van der Waals surface area contributed by atoms with Gasteiger partial charge in [-0.1, -0.05) is 24.3 Å². The van der Waals surface area contributed by atoms with Crippen LogP contribution in [0.5, 0.6) is 0 Å². The van der Waals surface area contributed by atoms with E-state index in [1.807, 2.05) is 22.6 Å². The van der Waals surface area contributed by atoms with Crippen molar-refractivity contribution in [3.05, 3.63) is 104 Å². The highest BCUT2D eigenvalue weighted by atomic mass is 127. The number of hydrogen-bond acceptors (Lipinski definition) is 2. The van der Waals surface area contributed by atoms with E-state index >= 15 is 0 Å². The van der Waals surface area contributed by atoms with Gasteiger partial charge in [-0.05, 0) is 90.7 Å². The van der Waals surface area contributed by atoms with E-state index < -0.39 is 47.2 Å². The fraction of sp³-hybridized carbons (Fsp3) is 0.353. The van der Waals surface area contributed by atoms with Crippen LogP contribution >= 0.6 is 45.5 Å². The Labute approximate surface area is 331 Å². The molecule has 55 heavy (non-hydrogen) atoms. The van der Waals surface area contributed by atoms with Crippen molar-refractivity contribution in [2.75, 3.05) is 0 Å². The van der Waals surface area contributed by atoms with Crippen LogP contribution in [0.4, 0.5) is 61.5 Å². The van der Waals surface area contributed by atoms with Gasteiger partial charge in [0.1, 0.15) is 0 Å². The minimum absolute atomic E-state index is 0.0735. The van der Waals surface area contributed by atoms with E-state index in [1.54, 1.807) is 70.4 Å². The number of amides is 2. The van der Waals surface area contributed by atoms with Crippen molar-refractivity contribution < 1.29 is 71.1 Å². The molecule has 0 unspecified atom stereocenters. The standard InChI is InChI=1S/C15H11F7IN.C15H12F7N.C4H4INO2/c1-8-5-10(13(16,14(17,18)19)15(20,21)22)6-9(2)12(8)24-4-3-11(23)7-24;1-9-7-11(13(16,14(17,18)19)15(20,21)22)8-10(2)12(9)23-5-3-4-6-23;5-6-3(7)1-2-4(6)8/h3-7H,1-2H3;3-8H,1-2H3;1-2H2. The second kappa shape index (κ2) is 16.2. The van der Waals surface area contributed by atoms with E-state index in [1.165, 1.54) is 32.3 Å². The van der Waals surface area contributed by atoms with Gasteiger partial charge in [-0.2, -0.15) is 52.7 Å². The van der Waals surface area contributed by atoms with Gasteiger partial charge < -0.3 is 9.13 Å². The fourth-order valence-electron chi connectivity index (χ4n) is 5.64. The van der Waals surface area contributed by atoms with E-state index in [0.717, 1.165) is 6.68 Å². The summed E-state index contributed by atoms with van der Waals surface area (Å²) in [5.41, 5.74) is -12.5. The van der Waals surface area contributed by atoms with Crippen LogP contribution in [0.2, 0.25) is 0 Å². The van der Waals surface area contributed by atoms with Gasteiger partial charge in [-0.3, -0.25) is 9.59 Å². The molecule has 0 aliphatic carbocycles. The number of aryl methyl sites for hydroxylation is 4. The molecular formula is C34H27F14I2N3O2. The zero-order valence-corrected chi connectivity index (χ0v) is 32.8. The van der Waals surface area contributed by atoms with Gasteiger partial charge in [0, 0.05) is 52.3 Å². The lowest BCUT2D eigenvalue weighted by Crippen LogP contribution is -2.50. The Morgan fingerprint density at radius 1 is 0.527 bits per heavy atom. The van der Waals surface area contributed by atoms with Crippen molar-refractivity contribution in [1.82, 2.24) is 12.2 Å². The van der Waals surface area contributed by atoms with E-state index in [4.69, 9.17) is 0 Å². The molecule has 1 saturated heterocycles. The summed E-state index contributed by atoms with van der Waals surface area (Å²) in [5, 5.41) is 0. The molecule has 3 heterocycles. The quantitative estimate of drug-likeness (QED) is 0.0885. The molecule has 1 aliphatic heterocycles. The Hall–Kier alpha value is -3.38. The summed E-state index contributed by atoms with van der Waals surface area (Å²) in [5.74, 6) is -0.147. The van der Waals surface area contributed by atoms with E-state index in [9.17, 15) is 71.1 Å². The number of aromatic nitrogens is 2. The summed E-state index contributed by atoms with van der Waals surface area (Å²) >= 11 is 3.73. The normalized spacial score (nSPS) is 14.4. The van der Waals surface area contributed by atoms with Gasteiger partial charge in [-0.15, -0.1) is 0 Å². The van der Waals surface area contributed by atoms with Gasteiger partial charge in [0.25, 0.3) is 0 Å². The van der Waals surface area contributed by atoms with E-state index in [-0.39, 0.29) is 34.1 Å². The predicted octanol–water partition coefficient (Wildman–Crippen LogP) is 11.9. The lowest BCUT2D eigenvalue weighted by Gasteiger charge is -2.31. The molecule has 0 N–H and O–H groups in total. The molecule has 0 atom stereocenters. The lowest BCUT2D eigenvalue weighted by atomic mass is 9.90. The third-order valence-corrected chi connectivity index (χ3v) is 9.82. The molecule has 21 heteroatoms. The zero-order valence-electron chi connectivity index (χ0n) is 28.5. The Balaban J connectivity index is 0.000000246. The smallest absolute Gasteiger partial charge is 0.323 e. The summed E-state index contributed by atoms with van der Waals surface area (Å²) in [6.07, 6.45) is -17.2. The van der Waals surface area contributed by atoms with E-state index in [0.29, 0.717) is 48.5 Å². The van der Waals surface area contributed by atoms with Crippen molar-refractivity contribution in [1.29, 1.82) is 0 Å². The Bertz CT molecular complexity index is 1920. The first kappa shape index (κ1) is 46.0. The van der Waals surface area contributed by atoms with Gasteiger partial charge in [0.05, 0.1) is 34.2 Å². The van der Waals surface area contributed by atoms with Gasteiger partial charge in [0.2, 0.25) is 11.8 Å². The van der Waals surface area contributed by atoms with Crippen molar-refractivity contribution in [2.45, 2.75) is 76.6 Å². The average Bonchev–Trinajstić information content (AvgIpc) is 3.78. The maximum atomic E-state index is 14.2. The van der Waals surface area contributed by atoms with Crippen LogP contribution in [0.15, 0.2) is 67.3 Å². The summed E-state index contributed by atoms with van der Waals surface area (Å²) in [6, 6.07) is 7.38. The van der Waals surface area contributed by atoms with Crippen molar-refractivity contribution in [2.24, 2.45) is 0 Å². The maximum Gasteiger partial charge on any atom is 0.435 e. The highest BCUT2D eigenvalue weighted by Gasteiger charge is 2.74. The number of nitrogens with zero attached hydrogens (tertiary/aromatic N) is 3. The third-order valence-electron chi connectivity index (χ3n) is 8.11. The molecule has 4 aromatic rings. The van der Waals surface area contributed by atoms with Crippen LogP contribution in [0.3, 0.4) is 0 Å². The van der Waals surface area contributed by atoms with Crippen LogP contribution in [0.25, 0.3) is 11.4 Å². The zero-order chi connectivity index (χ0) is 42.3. The molecule has 2 aromatic carbocycles. The van der Waals surface area contributed by atoms with Crippen LogP contribution < -0.4 is 0 Å². The molecule has 0 bridgehead atoms. The van der Waals surface area contributed by atoms with Gasteiger partial charge in [0.15, 0.2) is 0 Å². The largest absolute Gasteiger partial charge is 0.435 e. The first-order valence-electron chi connectivity index (χ1n) is 15.3. The highest BCUT2D eigenvalue weighted by molar-refractivity contribution is 14.1. The SMILES string of the molecule is Cc1cc(C(F)(C(F)(F)F)C(F)(F)F)cc(C)c1-n1ccc(I)c1.Cc1cc(C(F)(C(F)(F)F)C(F)(F)F)cc(C)c1-n1cccc1.O=C1CCC(=O)N1I. The molecular weight excluding hydrogens is 1000 g/mol. The molecule has 302 valence electrons. The maximum absolute atomic E-state index is 14.2. The van der Waals surface area contributed by atoms with Crippen LogP contribution in [0.1, 0.15) is 46.2 Å². The van der Waals surface area contributed by atoms with Crippen molar-refractivity contribution in [3.63, 3.8) is 0 Å². The first-order chi connectivity index (χ1) is 24.9. The number of imide groups is 1. The topological polar surface area (TPSA) is 47.2 Å². The van der Waals surface area contributed by atoms with Gasteiger partial charge in [-0.25, -0.2) is 11.9 Å². The Kier molecular flexibility index (Phi) is 13.6. The monoisotopic (exact) mass is 1030 g/mol. The molecule has 1 aliphatic rings. The van der Waals surface area contributed by atoms with Crippen molar-refractivity contribution in [3.8, 4) is 11.4 Å². The molecule has 1 fully saturated rings. The minimum atomic E-state index is -6.12. The number of rotatable bonds is 4. The third kappa shape index (κ3) is 9.27. The molecule has 5 nitrogen and oxygen atoms in total. The second-order valence-electron chi connectivity index (χ2n) is 12.1. The van der Waals surface area contributed by atoms with Crippen molar-refractivity contribution >= 4 is 57.3 Å². The molecule has 0 spiro atoms. The number of halogens is 16. The van der Waals surface area contributed by atoms with Crippen LogP contribution in [0, 0.1) is 31.3 Å². The molecule has 0 saturated carbocycles. The molecule has 0 radical (unpaired) electrons. The molecule has 5 rings (SSSR count). The molecule has 2 amide bonds. The summed E-state index contributed by atoms with van der Waals surface area (Å²) < 4.78 is 188. The average molecular weight is 1030 g/mol. The Morgan fingerprint density at radius 3 is 1.07 bits per heavy atom. The number of carbonyl (C=O) groups is 2. The predicted molar refractivity (Wildman–Crippen MR) is 188 cm³/mol. The van der Waals surface area contributed by atoms with Crippen LogP contribution in [-0.2, 0) is 20.9 Å². The fourth-order valence-corrected chi connectivity index (χ4v) is 6.59. The highest BCUT2D eigenvalue weighted by Crippen LogP contribution is 2.55. The minimum Gasteiger partial charge on any atom is -0.323 e.